The van der Waals surface area contributed by atoms with Crippen LogP contribution in [0.4, 0.5) is 5.69 Å². The van der Waals surface area contributed by atoms with Gasteiger partial charge >= 0.3 is 0 Å². The van der Waals surface area contributed by atoms with E-state index in [9.17, 15) is 0 Å². The summed E-state index contributed by atoms with van der Waals surface area (Å²) in [6, 6.07) is 16.2. The third-order valence-electron chi connectivity index (χ3n) is 3.31. The maximum atomic E-state index is 5.89. The van der Waals surface area contributed by atoms with Crippen LogP contribution >= 0.6 is 15.9 Å². The first kappa shape index (κ1) is 13.9. The molecular weight excluding hydrogens is 328 g/mol. The van der Waals surface area contributed by atoms with Gasteiger partial charge in [-0.25, -0.2) is 0 Å². The molecule has 0 spiro atoms. The molecule has 3 nitrogen and oxygen atoms in total. The van der Waals surface area contributed by atoms with Gasteiger partial charge in [-0.2, -0.15) is 0 Å². The Hall–Kier alpha value is -2.07. The Kier molecular flexibility index (Phi) is 4.06. The molecule has 3 aromatic rings. The summed E-state index contributed by atoms with van der Waals surface area (Å²) in [6.07, 6.45) is 1.78. The Balaban J connectivity index is 1.83. The predicted octanol–water partition coefficient (Wildman–Crippen LogP) is 4.62. The highest BCUT2D eigenvalue weighted by Crippen LogP contribution is 2.33. The zero-order chi connectivity index (χ0) is 14.7. The van der Waals surface area contributed by atoms with Crippen LogP contribution in [0.15, 0.2) is 59.2 Å². The summed E-state index contributed by atoms with van der Waals surface area (Å²) in [5.41, 5.74) is 1.92. The Bertz CT molecular complexity index is 774. The van der Waals surface area contributed by atoms with E-state index in [-0.39, 0.29) is 0 Å². The molecule has 106 valence electrons. The lowest BCUT2D eigenvalue weighted by Gasteiger charge is -2.10. The molecule has 3 rings (SSSR count). The quantitative estimate of drug-likeness (QED) is 0.751. The zero-order valence-corrected chi connectivity index (χ0v) is 13.2. The van der Waals surface area contributed by atoms with Crippen molar-refractivity contribution in [3.8, 4) is 5.75 Å². The fourth-order valence-corrected chi connectivity index (χ4v) is 2.80. The van der Waals surface area contributed by atoms with Crippen LogP contribution in [0.1, 0.15) is 5.69 Å². The number of hydrogen-bond donors (Lipinski definition) is 1. The molecule has 0 amide bonds. The highest BCUT2D eigenvalue weighted by molar-refractivity contribution is 9.10. The summed E-state index contributed by atoms with van der Waals surface area (Å²) in [6.45, 7) is 0.437. The molecule has 4 heteroatoms. The van der Waals surface area contributed by atoms with Crippen molar-refractivity contribution in [1.29, 1.82) is 0 Å². The van der Waals surface area contributed by atoms with Crippen molar-refractivity contribution in [3.63, 3.8) is 0 Å². The predicted molar refractivity (Wildman–Crippen MR) is 89.8 cm³/mol. The average Bonchev–Trinajstić information content (AvgIpc) is 2.55. The van der Waals surface area contributed by atoms with Gasteiger partial charge in [0.1, 0.15) is 12.4 Å². The van der Waals surface area contributed by atoms with Gasteiger partial charge < -0.3 is 10.1 Å². The number of anilines is 1. The standard InChI is InChI=1S/C17H15BrN2O/c1-19-13-8-9-20-14(10-13)11-21-16-7-6-12-4-2-3-5-15(12)17(16)18/h2-10H,11H2,1H3,(H,19,20). The monoisotopic (exact) mass is 342 g/mol. The van der Waals surface area contributed by atoms with Crippen molar-refractivity contribution in [1.82, 2.24) is 4.98 Å². The van der Waals surface area contributed by atoms with Gasteiger partial charge in [0.2, 0.25) is 0 Å². The summed E-state index contributed by atoms with van der Waals surface area (Å²) in [5, 5.41) is 5.43. The van der Waals surface area contributed by atoms with E-state index in [4.69, 9.17) is 4.74 Å². The molecule has 0 radical (unpaired) electrons. The smallest absolute Gasteiger partial charge is 0.134 e. The number of halogens is 1. The number of rotatable bonds is 4. The molecule has 1 N–H and O–H groups in total. The van der Waals surface area contributed by atoms with Crippen LogP contribution in [0.25, 0.3) is 10.8 Å². The van der Waals surface area contributed by atoms with Gasteiger partial charge in [-0.05, 0) is 44.9 Å². The van der Waals surface area contributed by atoms with E-state index >= 15 is 0 Å². The first-order valence-corrected chi connectivity index (χ1v) is 7.50. The lowest BCUT2D eigenvalue weighted by atomic mass is 10.1. The molecule has 0 unspecified atom stereocenters. The molecule has 0 aliphatic heterocycles. The molecule has 1 aromatic heterocycles. The lowest BCUT2D eigenvalue weighted by molar-refractivity contribution is 0.300. The Morgan fingerprint density at radius 1 is 1.14 bits per heavy atom. The van der Waals surface area contributed by atoms with E-state index in [1.54, 1.807) is 6.20 Å². The number of nitrogens with zero attached hydrogens (tertiary/aromatic N) is 1. The Morgan fingerprint density at radius 3 is 2.86 bits per heavy atom. The normalized spacial score (nSPS) is 10.6. The van der Waals surface area contributed by atoms with Crippen molar-refractivity contribution in [2.45, 2.75) is 6.61 Å². The van der Waals surface area contributed by atoms with Crippen LogP contribution < -0.4 is 10.1 Å². The molecule has 0 aliphatic rings. The SMILES string of the molecule is CNc1ccnc(COc2ccc3ccccc3c2Br)c1. The van der Waals surface area contributed by atoms with Crippen molar-refractivity contribution < 1.29 is 4.74 Å². The summed E-state index contributed by atoms with van der Waals surface area (Å²) >= 11 is 3.63. The van der Waals surface area contributed by atoms with E-state index in [1.165, 1.54) is 5.39 Å². The van der Waals surface area contributed by atoms with Crippen LogP contribution in [0.5, 0.6) is 5.75 Å². The molecule has 0 atom stereocenters. The maximum absolute atomic E-state index is 5.89. The molecule has 2 aromatic carbocycles. The topological polar surface area (TPSA) is 34.2 Å². The number of hydrogen-bond acceptors (Lipinski definition) is 3. The first-order chi connectivity index (χ1) is 10.3. The summed E-state index contributed by atoms with van der Waals surface area (Å²) in [4.78, 5) is 4.31. The molecular formula is C17H15BrN2O. The van der Waals surface area contributed by atoms with Gasteiger partial charge in [-0.3, -0.25) is 4.98 Å². The fraction of sp³-hybridized carbons (Fsp3) is 0.118. The highest BCUT2D eigenvalue weighted by atomic mass is 79.9. The van der Waals surface area contributed by atoms with Crippen molar-refractivity contribution >= 4 is 32.4 Å². The van der Waals surface area contributed by atoms with Crippen molar-refractivity contribution in [2.75, 3.05) is 12.4 Å². The average molecular weight is 343 g/mol. The molecule has 1 heterocycles. The molecule has 0 bridgehead atoms. The first-order valence-electron chi connectivity index (χ1n) is 6.70. The number of nitrogens with one attached hydrogen (secondary N) is 1. The Morgan fingerprint density at radius 2 is 2.00 bits per heavy atom. The zero-order valence-electron chi connectivity index (χ0n) is 11.6. The minimum absolute atomic E-state index is 0.437. The second kappa shape index (κ2) is 6.14. The second-order valence-corrected chi connectivity index (χ2v) is 5.47. The van der Waals surface area contributed by atoms with Gasteiger partial charge in [0.25, 0.3) is 0 Å². The van der Waals surface area contributed by atoms with E-state index in [0.29, 0.717) is 6.61 Å². The van der Waals surface area contributed by atoms with E-state index in [2.05, 4.69) is 44.4 Å². The number of pyridine rings is 1. The third-order valence-corrected chi connectivity index (χ3v) is 4.13. The third kappa shape index (κ3) is 3.00. The van der Waals surface area contributed by atoms with E-state index in [1.807, 2.05) is 37.4 Å². The number of fused-ring (bicyclic) bond motifs is 1. The lowest BCUT2D eigenvalue weighted by Crippen LogP contribution is -2.00. The molecule has 0 saturated carbocycles. The summed E-state index contributed by atoms with van der Waals surface area (Å²) in [5.74, 6) is 0.824. The molecule has 0 aliphatic carbocycles. The minimum atomic E-state index is 0.437. The number of ether oxygens (including phenoxy) is 1. The van der Waals surface area contributed by atoms with Gasteiger partial charge in [0, 0.05) is 18.9 Å². The van der Waals surface area contributed by atoms with Crippen molar-refractivity contribution in [2.24, 2.45) is 0 Å². The number of aromatic nitrogens is 1. The van der Waals surface area contributed by atoms with Crippen LogP contribution in [0.3, 0.4) is 0 Å². The molecule has 0 saturated heterocycles. The van der Waals surface area contributed by atoms with Gasteiger partial charge in [-0.1, -0.05) is 30.3 Å². The number of benzene rings is 2. The van der Waals surface area contributed by atoms with E-state index in [0.717, 1.165) is 27.0 Å². The van der Waals surface area contributed by atoms with Crippen LogP contribution in [0.2, 0.25) is 0 Å². The Labute approximate surface area is 132 Å². The second-order valence-electron chi connectivity index (χ2n) is 4.67. The van der Waals surface area contributed by atoms with Gasteiger partial charge in [0.15, 0.2) is 0 Å². The fourth-order valence-electron chi connectivity index (χ4n) is 2.19. The summed E-state index contributed by atoms with van der Waals surface area (Å²) < 4.78 is 6.87. The molecule has 0 fully saturated rings. The highest BCUT2D eigenvalue weighted by Gasteiger charge is 2.06. The van der Waals surface area contributed by atoms with Crippen LogP contribution in [-0.4, -0.2) is 12.0 Å². The van der Waals surface area contributed by atoms with Crippen LogP contribution in [0, 0.1) is 0 Å². The van der Waals surface area contributed by atoms with Crippen LogP contribution in [-0.2, 0) is 6.61 Å². The summed E-state index contributed by atoms with van der Waals surface area (Å²) in [7, 11) is 1.89. The van der Waals surface area contributed by atoms with Crippen molar-refractivity contribution in [3.05, 3.63) is 64.9 Å². The van der Waals surface area contributed by atoms with Gasteiger partial charge in [-0.15, -0.1) is 0 Å². The van der Waals surface area contributed by atoms with Gasteiger partial charge in [0.05, 0.1) is 10.2 Å². The molecule has 21 heavy (non-hydrogen) atoms. The maximum Gasteiger partial charge on any atom is 0.134 e. The van der Waals surface area contributed by atoms with E-state index < -0.39 is 0 Å². The largest absolute Gasteiger partial charge is 0.486 e. The minimum Gasteiger partial charge on any atom is -0.486 e.